The van der Waals surface area contributed by atoms with Crippen LogP contribution in [0.1, 0.15) is 73.3 Å². The summed E-state index contributed by atoms with van der Waals surface area (Å²) in [4.78, 5) is 12.5. The first-order chi connectivity index (χ1) is 27.1. The number of para-hydroxylation sites is 2. The van der Waals surface area contributed by atoms with Gasteiger partial charge in [-0.2, -0.15) is 0 Å². The summed E-state index contributed by atoms with van der Waals surface area (Å²) < 4.78 is 2.31. The van der Waals surface area contributed by atoms with Crippen molar-refractivity contribution < 1.29 is 4.57 Å². The fourth-order valence-electron chi connectivity index (χ4n) is 8.32. The van der Waals surface area contributed by atoms with Crippen LogP contribution in [0.3, 0.4) is 0 Å². The number of nitrogen functional groups attached to an aromatic ring is 3. The van der Waals surface area contributed by atoms with Crippen LogP contribution in [0.4, 0.5) is 34.1 Å². The number of nitrogens with zero attached hydrogens (tertiary/aromatic N) is 4. The van der Waals surface area contributed by atoms with Gasteiger partial charge < -0.3 is 27.8 Å². The van der Waals surface area contributed by atoms with Crippen molar-refractivity contribution in [3.8, 4) is 5.69 Å². The van der Waals surface area contributed by atoms with Crippen LogP contribution in [0.5, 0.6) is 0 Å². The molecule has 0 fully saturated rings. The zero-order valence-corrected chi connectivity index (χ0v) is 33.1. The third kappa shape index (κ3) is 6.96. The van der Waals surface area contributed by atoms with E-state index in [-0.39, 0.29) is 6.04 Å². The van der Waals surface area contributed by atoms with Gasteiger partial charge in [-0.05, 0) is 124 Å². The lowest BCUT2D eigenvalue weighted by molar-refractivity contribution is -0.538. The predicted octanol–water partition coefficient (Wildman–Crippen LogP) is 9.86. The van der Waals surface area contributed by atoms with Crippen LogP contribution in [0, 0.1) is 20.8 Å². The number of hydrogen-bond acceptors (Lipinski definition) is 7. The third-order valence-electron chi connectivity index (χ3n) is 11.7. The zero-order valence-electron chi connectivity index (χ0n) is 33.1. The SMILES string of the molecule is CC1=CC2=Nc3cc(C)c(N)cc3N(c3ccccc3CCCCCCCCc3ccccc3-[n+]3c4cc(N)c(C)cc4nc4cc(C)c(N)cc43)C2C=C1N. The molecule has 0 radical (unpaired) electrons. The van der Waals surface area contributed by atoms with Gasteiger partial charge in [0.05, 0.1) is 23.1 Å². The average Bonchev–Trinajstić information content (AvgIpc) is 3.17. The minimum atomic E-state index is -0.0846. The highest BCUT2D eigenvalue weighted by molar-refractivity contribution is 6.11. The molecule has 6 aromatic rings. The Morgan fingerprint density at radius 1 is 0.607 bits per heavy atom. The number of rotatable bonds is 11. The largest absolute Gasteiger partial charge is 0.399 e. The quantitative estimate of drug-likeness (QED) is 0.0452. The van der Waals surface area contributed by atoms with Crippen LogP contribution in [-0.4, -0.2) is 16.7 Å². The summed E-state index contributed by atoms with van der Waals surface area (Å²) in [5.41, 5.74) is 44.9. The van der Waals surface area contributed by atoms with E-state index in [9.17, 15) is 0 Å². The molecule has 0 saturated heterocycles. The van der Waals surface area contributed by atoms with Gasteiger partial charge in [-0.15, -0.1) is 4.57 Å². The first-order valence-corrected chi connectivity index (χ1v) is 20.0. The molecule has 0 bridgehead atoms. The summed E-state index contributed by atoms with van der Waals surface area (Å²) in [7, 11) is 0. The lowest BCUT2D eigenvalue weighted by Gasteiger charge is -2.39. The fraction of sp³-hybridized carbons (Fsp3) is 0.271. The van der Waals surface area contributed by atoms with Gasteiger partial charge in [-0.3, -0.25) is 0 Å². The fourth-order valence-corrected chi connectivity index (χ4v) is 8.32. The van der Waals surface area contributed by atoms with E-state index in [4.69, 9.17) is 32.9 Å². The number of aryl methyl sites for hydroxylation is 5. The minimum Gasteiger partial charge on any atom is -0.399 e. The molecule has 284 valence electrons. The molecule has 5 aromatic carbocycles. The number of fused-ring (bicyclic) bond motifs is 4. The molecule has 1 aliphatic heterocycles. The monoisotopic (exact) mass is 741 g/mol. The van der Waals surface area contributed by atoms with E-state index in [0.29, 0.717) is 0 Å². The van der Waals surface area contributed by atoms with Crippen LogP contribution in [0.25, 0.3) is 27.8 Å². The van der Waals surface area contributed by atoms with Crippen molar-refractivity contribution in [3.63, 3.8) is 0 Å². The highest BCUT2D eigenvalue weighted by Gasteiger charge is 2.33. The van der Waals surface area contributed by atoms with Crippen molar-refractivity contribution in [2.75, 3.05) is 22.1 Å². The third-order valence-corrected chi connectivity index (χ3v) is 11.7. The first kappa shape index (κ1) is 36.8. The first-order valence-electron chi connectivity index (χ1n) is 20.0. The molecule has 0 saturated carbocycles. The topological polar surface area (TPSA) is 136 Å². The van der Waals surface area contributed by atoms with E-state index in [2.05, 4.69) is 107 Å². The molecule has 1 atom stereocenters. The number of hydrogen-bond donors (Lipinski definition) is 4. The number of aromatic nitrogens is 2. The Bertz CT molecular complexity index is 2530. The van der Waals surface area contributed by atoms with Crippen molar-refractivity contribution in [3.05, 3.63) is 136 Å². The molecular formula is C48H53N8+. The highest BCUT2D eigenvalue weighted by Crippen LogP contribution is 2.45. The molecule has 0 amide bonds. The van der Waals surface area contributed by atoms with E-state index >= 15 is 0 Å². The van der Waals surface area contributed by atoms with Gasteiger partial charge in [-0.1, -0.05) is 62.1 Å². The molecule has 56 heavy (non-hydrogen) atoms. The van der Waals surface area contributed by atoms with Crippen molar-refractivity contribution in [1.29, 1.82) is 0 Å². The van der Waals surface area contributed by atoms with Crippen LogP contribution in [-0.2, 0) is 12.8 Å². The second-order valence-electron chi connectivity index (χ2n) is 15.7. The van der Waals surface area contributed by atoms with E-state index in [1.807, 2.05) is 27.7 Å². The second kappa shape index (κ2) is 15.2. The number of aliphatic imine (C=N–C) groups is 1. The van der Waals surface area contributed by atoms with Crippen molar-refractivity contribution in [2.45, 2.75) is 85.1 Å². The number of allylic oxidation sites excluding steroid dienone is 1. The molecule has 1 aliphatic carbocycles. The average molecular weight is 742 g/mol. The minimum absolute atomic E-state index is 0.0846. The lowest BCUT2D eigenvalue weighted by atomic mass is 9.92. The molecule has 2 heterocycles. The van der Waals surface area contributed by atoms with Gasteiger partial charge in [0.15, 0.2) is 0 Å². The summed E-state index contributed by atoms with van der Waals surface area (Å²) in [5, 5.41) is 0. The summed E-state index contributed by atoms with van der Waals surface area (Å²) in [6, 6.07) is 29.9. The van der Waals surface area contributed by atoms with Gasteiger partial charge in [0, 0.05) is 52.2 Å². The zero-order chi connectivity index (χ0) is 39.1. The number of anilines is 5. The summed E-state index contributed by atoms with van der Waals surface area (Å²) in [6.07, 6.45) is 13.3. The maximum atomic E-state index is 6.49. The van der Waals surface area contributed by atoms with Crippen LogP contribution < -0.4 is 32.4 Å². The molecular weight excluding hydrogens is 689 g/mol. The molecule has 8 N–H and O–H groups in total. The van der Waals surface area contributed by atoms with E-state index in [0.717, 1.165) is 116 Å². The standard InChI is InChI=1S/C48H52N8/c1-29-21-39-45(25-35(29)49)55(46-26-36(50)30(2)22-40(46)53-39)43-19-13-11-17-33(43)15-9-7-5-6-8-10-16-34-18-12-14-20-44(34)56-47-27-37(51)31(3)23-41(47)54-42-24-32(4)38(52)28-48(42)56/h11-14,17-28,45H,5-10,15-16,49-50H2,1-4H3,(H3,51,52)/p+1. The molecule has 2 aliphatic rings. The Labute approximate surface area is 330 Å². The highest BCUT2D eigenvalue weighted by atomic mass is 15.2. The van der Waals surface area contributed by atoms with Gasteiger partial charge in [0.2, 0.25) is 16.7 Å². The Hall–Kier alpha value is -6.15. The molecule has 1 unspecified atom stereocenters. The molecule has 0 spiro atoms. The normalized spacial score (nSPS) is 15.0. The maximum absolute atomic E-state index is 6.49. The van der Waals surface area contributed by atoms with E-state index in [1.54, 1.807) is 0 Å². The smallest absolute Gasteiger partial charge is 0.239 e. The van der Waals surface area contributed by atoms with Gasteiger partial charge in [-0.25, -0.2) is 9.98 Å². The Kier molecular flexibility index (Phi) is 9.97. The van der Waals surface area contributed by atoms with Gasteiger partial charge in [0.1, 0.15) is 11.0 Å². The van der Waals surface area contributed by atoms with Crippen molar-refractivity contribution in [2.24, 2.45) is 10.7 Å². The van der Waals surface area contributed by atoms with Crippen LogP contribution in [0.2, 0.25) is 0 Å². The summed E-state index contributed by atoms with van der Waals surface area (Å²) in [6.45, 7) is 8.16. The Morgan fingerprint density at radius 3 is 1.84 bits per heavy atom. The number of benzene rings is 5. The van der Waals surface area contributed by atoms with Crippen molar-refractivity contribution in [1.82, 2.24) is 4.98 Å². The maximum Gasteiger partial charge on any atom is 0.239 e. The van der Waals surface area contributed by atoms with Crippen LogP contribution >= 0.6 is 0 Å². The van der Waals surface area contributed by atoms with E-state index < -0.39 is 0 Å². The van der Waals surface area contributed by atoms with Crippen LogP contribution in [0.15, 0.2) is 113 Å². The Balaban J connectivity index is 0.934. The number of unbranched alkanes of at least 4 members (excludes halogenated alkanes) is 5. The molecule has 8 rings (SSSR count). The predicted molar refractivity (Wildman–Crippen MR) is 235 cm³/mol. The van der Waals surface area contributed by atoms with Gasteiger partial charge in [0.25, 0.3) is 0 Å². The molecule has 8 nitrogen and oxygen atoms in total. The van der Waals surface area contributed by atoms with Gasteiger partial charge >= 0.3 is 0 Å². The lowest BCUT2D eigenvalue weighted by Crippen LogP contribution is -2.41. The summed E-state index contributed by atoms with van der Waals surface area (Å²) >= 11 is 0. The molecule has 1 aromatic heterocycles. The van der Waals surface area contributed by atoms with Crippen molar-refractivity contribution >= 4 is 61.9 Å². The summed E-state index contributed by atoms with van der Waals surface area (Å²) in [5.74, 6) is 0. The second-order valence-corrected chi connectivity index (χ2v) is 15.7. The molecule has 8 heteroatoms. The van der Waals surface area contributed by atoms with E-state index in [1.165, 1.54) is 42.5 Å². The number of nitrogens with two attached hydrogens (primary N) is 4. The Morgan fingerprint density at radius 2 is 1.16 bits per heavy atom.